The molecule has 0 atom stereocenters. The first-order valence-electron chi connectivity index (χ1n) is 8.40. The SMILES string of the molecule is Nc1ccccc1C(=O)N1CCC(NC(=O)Nc2ccccc2)CC1. The molecule has 0 saturated carbocycles. The minimum absolute atomic E-state index is 0.0507. The molecule has 0 bridgehead atoms. The van der Waals surface area contributed by atoms with E-state index in [2.05, 4.69) is 10.6 Å². The van der Waals surface area contributed by atoms with Gasteiger partial charge in [0.2, 0.25) is 0 Å². The van der Waals surface area contributed by atoms with Gasteiger partial charge >= 0.3 is 6.03 Å². The molecule has 3 amide bonds. The first kappa shape index (κ1) is 16.8. The predicted molar refractivity (Wildman–Crippen MR) is 98.4 cm³/mol. The molecule has 1 heterocycles. The third-order valence-corrected chi connectivity index (χ3v) is 4.34. The van der Waals surface area contributed by atoms with E-state index in [0.29, 0.717) is 24.3 Å². The van der Waals surface area contributed by atoms with Crippen LogP contribution in [0.15, 0.2) is 54.6 Å². The number of para-hydroxylation sites is 2. The lowest BCUT2D eigenvalue weighted by molar-refractivity contribution is 0.0710. The number of nitrogens with one attached hydrogen (secondary N) is 2. The number of amides is 3. The fourth-order valence-electron chi connectivity index (χ4n) is 2.96. The number of anilines is 2. The number of nitrogens with two attached hydrogens (primary N) is 1. The summed E-state index contributed by atoms with van der Waals surface area (Å²) in [6.45, 7) is 1.20. The largest absolute Gasteiger partial charge is 0.398 e. The van der Waals surface area contributed by atoms with Crippen LogP contribution in [-0.2, 0) is 0 Å². The van der Waals surface area contributed by atoms with Crippen LogP contribution in [0.2, 0.25) is 0 Å². The van der Waals surface area contributed by atoms with Crippen molar-refractivity contribution in [2.75, 3.05) is 24.1 Å². The van der Waals surface area contributed by atoms with Gasteiger partial charge in [0, 0.05) is 30.5 Å². The van der Waals surface area contributed by atoms with Crippen LogP contribution >= 0.6 is 0 Å². The lowest BCUT2D eigenvalue weighted by Crippen LogP contribution is -2.47. The van der Waals surface area contributed by atoms with Crippen LogP contribution in [0.1, 0.15) is 23.2 Å². The van der Waals surface area contributed by atoms with Crippen molar-refractivity contribution in [2.45, 2.75) is 18.9 Å². The number of rotatable bonds is 3. The van der Waals surface area contributed by atoms with Crippen molar-refractivity contribution in [3.05, 3.63) is 60.2 Å². The number of likely N-dealkylation sites (tertiary alicyclic amines) is 1. The standard InChI is InChI=1S/C19H22N4O2/c20-17-9-5-4-8-16(17)18(24)23-12-10-15(11-13-23)22-19(25)21-14-6-2-1-3-7-14/h1-9,15H,10-13,20H2,(H2,21,22,25). The topological polar surface area (TPSA) is 87.5 Å². The molecular formula is C19H22N4O2. The predicted octanol–water partition coefficient (Wildman–Crippen LogP) is 2.70. The molecule has 0 aliphatic carbocycles. The number of urea groups is 1. The molecule has 0 aromatic heterocycles. The molecular weight excluding hydrogens is 316 g/mol. The van der Waals surface area contributed by atoms with Gasteiger partial charge in [-0.3, -0.25) is 4.79 Å². The van der Waals surface area contributed by atoms with Crippen molar-refractivity contribution < 1.29 is 9.59 Å². The zero-order chi connectivity index (χ0) is 17.6. The van der Waals surface area contributed by atoms with E-state index in [9.17, 15) is 9.59 Å². The molecule has 1 aliphatic rings. The van der Waals surface area contributed by atoms with E-state index < -0.39 is 0 Å². The number of carbonyl (C=O) groups excluding carboxylic acids is 2. The van der Waals surface area contributed by atoms with E-state index in [0.717, 1.165) is 18.5 Å². The highest BCUT2D eigenvalue weighted by Gasteiger charge is 2.25. The van der Waals surface area contributed by atoms with Gasteiger partial charge in [0.1, 0.15) is 0 Å². The number of nitrogens with zero attached hydrogens (tertiary/aromatic N) is 1. The second kappa shape index (κ2) is 7.70. The van der Waals surface area contributed by atoms with Gasteiger partial charge in [-0.25, -0.2) is 4.79 Å². The highest BCUT2D eigenvalue weighted by molar-refractivity contribution is 5.99. The molecule has 0 unspecified atom stereocenters. The first-order chi connectivity index (χ1) is 12.1. The maximum Gasteiger partial charge on any atom is 0.319 e. The summed E-state index contributed by atoms with van der Waals surface area (Å²) in [6, 6.07) is 16.3. The number of hydrogen-bond donors (Lipinski definition) is 3. The van der Waals surface area contributed by atoms with Crippen LogP contribution < -0.4 is 16.4 Å². The van der Waals surface area contributed by atoms with Crippen LogP contribution in [0.25, 0.3) is 0 Å². The van der Waals surface area contributed by atoms with Gasteiger partial charge in [-0.05, 0) is 37.1 Å². The average Bonchev–Trinajstić information content (AvgIpc) is 2.63. The van der Waals surface area contributed by atoms with Gasteiger partial charge in [0.05, 0.1) is 5.56 Å². The maximum atomic E-state index is 12.5. The summed E-state index contributed by atoms with van der Waals surface area (Å²) >= 11 is 0. The van der Waals surface area contributed by atoms with E-state index in [4.69, 9.17) is 5.73 Å². The van der Waals surface area contributed by atoms with Crippen molar-refractivity contribution in [2.24, 2.45) is 0 Å². The third-order valence-electron chi connectivity index (χ3n) is 4.34. The van der Waals surface area contributed by atoms with E-state index in [1.807, 2.05) is 42.5 Å². The first-order valence-corrected chi connectivity index (χ1v) is 8.40. The van der Waals surface area contributed by atoms with Crippen molar-refractivity contribution in [1.82, 2.24) is 10.2 Å². The molecule has 3 rings (SSSR count). The second-order valence-corrected chi connectivity index (χ2v) is 6.12. The Morgan fingerprint density at radius 1 is 0.960 bits per heavy atom. The smallest absolute Gasteiger partial charge is 0.319 e. The van der Waals surface area contributed by atoms with Crippen LogP contribution in [-0.4, -0.2) is 36.0 Å². The Labute approximate surface area is 147 Å². The number of piperidine rings is 1. The van der Waals surface area contributed by atoms with Crippen molar-refractivity contribution >= 4 is 23.3 Å². The van der Waals surface area contributed by atoms with E-state index in [1.165, 1.54) is 0 Å². The fraction of sp³-hybridized carbons (Fsp3) is 0.263. The Bertz CT molecular complexity index is 740. The van der Waals surface area contributed by atoms with Crippen LogP contribution in [0.3, 0.4) is 0 Å². The molecule has 2 aromatic carbocycles. The van der Waals surface area contributed by atoms with Gasteiger partial charge in [0.25, 0.3) is 5.91 Å². The Kier molecular flexibility index (Phi) is 5.18. The van der Waals surface area contributed by atoms with Gasteiger partial charge in [-0.15, -0.1) is 0 Å². The summed E-state index contributed by atoms with van der Waals surface area (Å²) in [5.74, 6) is -0.0507. The number of benzene rings is 2. The van der Waals surface area contributed by atoms with Crippen molar-refractivity contribution in [1.29, 1.82) is 0 Å². The Balaban J connectivity index is 1.49. The molecule has 130 valence electrons. The summed E-state index contributed by atoms with van der Waals surface area (Å²) < 4.78 is 0. The number of carbonyl (C=O) groups is 2. The minimum Gasteiger partial charge on any atom is -0.398 e. The van der Waals surface area contributed by atoms with Gasteiger partial charge in [-0.1, -0.05) is 30.3 Å². The molecule has 25 heavy (non-hydrogen) atoms. The van der Waals surface area contributed by atoms with Crippen LogP contribution in [0.5, 0.6) is 0 Å². The third kappa shape index (κ3) is 4.29. The highest BCUT2D eigenvalue weighted by atomic mass is 16.2. The van der Waals surface area contributed by atoms with Gasteiger partial charge in [0.15, 0.2) is 0 Å². The molecule has 1 aliphatic heterocycles. The molecule has 0 spiro atoms. The Morgan fingerprint density at radius 2 is 1.60 bits per heavy atom. The summed E-state index contributed by atoms with van der Waals surface area (Å²) in [5, 5.41) is 5.77. The normalized spacial score (nSPS) is 14.8. The van der Waals surface area contributed by atoms with Crippen LogP contribution in [0, 0.1) is 0 Å². The highest BCUT2D eigenvalue weighted by Crippen LogP contribution is 2.18. The summed E-state index contributed by atoms with van der Waals surface area (Å²) in [5.41, 5.74) is 7.67. The lowest BCUT2D eigenvalue weighted by atomic mass is 10.0. The summed E-state index contributed by atoms with van der Waals surface area (Å²) in [4.78, 5) is 26.4. The molecule has 1 saturated heterocycles. The monoisotopic (exact) mass is 338 g/mol. The zero-order valence-corrected chi connectivity index (χ0v) is 13.9. The van der Waals surface area contributed by atoms with E-state index in [1.54, 1.807) is 17.0 Å². The maximum absolute atomic E-state index is 12.5. The average molecular weight is 338 g/mol. The lowest BCUT2D eigenvalue weighted by Gasteiger charge is -2.32. The molecule has 0 radical (unpaired) electrons. The second-order valence-electron chi connectivity index (χ2n) is 6.12. The molecule has 6 nitrogen and oxygen atoms in total. The van der Waals surface area contributed by atoms with E-state index in [-0.39, 0.29) is 18.0 Å². The fourth-order valence-corrected chi connectivity index (χ4v) is 2.96. The number of nitrogen functional groups attached to an aromatic ring is 1. The molecule has 6 heteroatoms. The van der Waals surface area contributed by atoms with Gasteiger partial charge < -0.3 is 21.3 Å². The minimum atomic E-state index is -0.219. The van der Waals surface area contributed by atoms with E-state index >= 15 is 0 Å². The summed E-state index contributed by atoms with van der Waals surface area (Å²) in [7, 11) is 0. The Morgan fingerprint density at radius 3 is 2.28 bits per heavy atom. The van der Waals surface area contributed by atoms with Gasteiger partial charge in [-0.2, -0.15) is 0 Å². The molecule has 2 aromatic rings. The summed E-state index contributed by atoms with van der Waals surface area (Å²) in [6.07, 6.45) is 1.45. The quantitative estimate of drug-likeness (QED) is 0.752. The number of hydrogen-bond acceptors (Lipinski definition) is 3. The zero-order valence-electron chi connectivity index (χ0n) is 13.9. The van der Waals surface area contributed by atoms with Crippen LogP contribution in [0.4, 0.5) is 16.2 Å². The van der Waals surface area contributed by atoms with Crippen molar-refractivity contribution in [3.63, 3.8) is 0 Å². The van der Waals surface area contributed by atoms with Crippen molar-refractivity contribution in [3.8, 4) is 0 Å². The molecule has 1 fully saturated rings. The molecule has 4 N–H and O–H groups in total. The Hall–Kier alpha value is -3.02.